The molecule has 2 aromatic heterocycles. The number of aryl methyl sites for hydroxylation is 2. The molecular weight excluding hydrogens is 242 g/mol. The average molecular weight is 261 g/mol. The summed E-state index contributed by atoms with van der Waals surface area (Å²) in [7, 11) is 1.84. The minimum atomic E-state index is -0.0345. The quantitative estimate of drug-likeness (QED) is 0.840. The smallest absolute Gasteiger partial charge is 0.261 e. The number of aromatic nitrogens is 4. The highest BCUT2D eigenvalue weighted by Crippen LogP contribution is 2.17. The molecule has 0 fully saturated rings. The lowest BCUT2D eigenvalue weighted by Crippen LogP contribution is -2.30. The van der Waals surface area contributed by atoms with Crippen LogP contribution < -0.4 is 4.90 Å². The molecule has 2 aromatic rings. The first-order chi connectivity index (χ1) is 9.08. The molecule has 102 valence electrons. The van der Waals surface area contributed by atoms with Gasteiger partial charge in [-0.25, -0.2) is 0 Å². The van der Waals surface area contributed by atoms with Crippen molar-refractivity contribution in [2.24, 2.45) is 7.05 Å². The zero-order valence-corrected chi connectivity index (χ0v) is 11.8. The van der Waals surface area contributed by atoms with Crippen LogP contribution in [-0.2, 0) is 13.6 Å². The van der Waals surface area contributed by atoms with Gasteiger partial charge in [-0.3, -0.25) is 14.2 Å². The largest absolute Gasteiger partial charge is 0.306 e. The summed E-state index contributed by atoms with van der Waals surface area (Å²) in [5, 5.41) is 8.33. The molecule has 0 N–H and O–H groups in total. The molecule has 0 spiro atoms. The third kappa shape index (κ3) is 2.38. The van der Waals surface area contributed by atoms with Gasteiger partial charge in [-0.05, 0) is 20.8 Å². The number of hydrogen-bond acceptors (Lipinski definition) is 3. The highest BCUT2D eigenvalue weighted by atomic mass is 16.2. The fourth-order valence-corrected chi connectivity index (χ4v) is 2.11. The Morgan fingerprint density at radius 1 is 1.32 bits per heavy atom. The molecule has 0 aromatic carbocycles. The Bertz CT molecular complexity index is 584. The van der Waals surface area contributed by atoms with Gasteiger partial charge in [-0.15, -0.1) is 0 Å². The van der Waals surface area contributed by atoms with Gasteiger partial charge in [0.15, 0.2) is 0 Å². The summed E-state index contributed by atoms with van der Waals surface area (Å²) in [6, 6.07) is 0. The van der Waals surface area contributed by atoms with Crippen molar-refractivity contribution in [1.29, 1.82) is 0 Å². The first-order valence-corrected chi connectivity index (χ1v) is 6.41. The van der Waals surface area contributed by atoms with Crippen molar-refractivity contribution in [2.75, 3.05) is 11.4 Å². The van der Waals surface area contributed by atoms with E-state index in [0.717, 1.165) is 17.9 Å². The van der Waals surface area contributed by atoms with Gasteiger partial charge in [-0.2, -0.15) is 10.2 Å². The lowest BCUT2D eigenvalue weighted by atomic mass is 10.2. The summed E-state index contributed by atoms with van der Waals surface area (Å²) in [6.07, 6.45) is 5.17. The molecule has 0 atom stereocenters. The highest BCUT2D eigenvalue weighted by Gasteiger charge is 2.21. The molecule has 2 heterocycles. The van der Waals surface area contributed by atoms with E-state index >= 15 is 0 Å². The summed E-state index contributed by atoms with van der Waals surface area (Å²) in [4.78, 5) is 14.3. The second-order valence-corrected chi connectivity index (χ2v) is 4.38. The van der Waals surface area contributed by atoms with Crippen LogP contribution >= 0.6 is 0 Å². The lowest BCUT2D eigenvalue weighted by molar-refractivity contribution is 0.0987. The van der Waals surface area contributed by atoms with E-state index in [4.69, 9.17) is 0 Å². The Balaban J connectivity index is 2.33. The monoisotopic (exact) mass is 261 g/mol. The summed E-state index contributed by atoms with van der Waals surface area (Å²) < 4.78 is 3.51. The maximum atomic E-state index is 12.6. The van der Waals surface area contributed by atoms with Crippen LogP contribution in [0.25, 0.3) is 0 Å². The van der Waals surface area contributed by atoms with Gasteiger partial charge < -0.3 is 4.90 Å². The van der Waals surface area contributed by atoms with Crippen molar-refractivity contribution in [2.45, 2.75) is 27.3 Å². The van der Waals surface area contributed by atoms with Gasteiger partial charge in [0, 0.05) is 32.0 Å². The van der Waals surface area contributed by atoms with E-state index in [2.05, 4.69) is 10.2 Å². The van der Waals surface area contributed by atoms with Gasteiger partial charge in [0.05, 0.1) is 23.6 Å². The van der Waals surface area contributed by atoms with Gasteiger partial charge >= 0.3 is 0 Å². The fourth-order valence-electron chi connectivity index (χ4n) is 2.11. The molecule has 6 heteroatoms. The van der Waals surface area contributed by atoms with Crippen LogP contribution in [0.1, 0.15) is 29.9 Å². The Kier molecular flexibility index (Phi) is 3.69. The highest BCUT2D eigenvalue weighted by molar-refractivity contribution is 6.06. The Hall–Kier alpha value is -2.11. The zero-order chi connectivity index (χ0) is 14.0. The number of amides is 1. The number of carbonyl (C=O) groups excluding carboxylic acids is 1. The average Bonchev–Trinajstić information content (AvgIpc) is 2.96. The molecule has 0 aliphatic carbocycles. The maximum Gasteiger partial charge on any atom is 0.261 e. The van der Waals surface area contributed by atoms with E-state index in [9.17, 15) is 4.79 Å². The Labute approximate surface area is 112 Å². The molecule has 0 unspecified atom stereocenters. The third-order valence-electron chi connectivity index (χ3n) is 3.20. The number of nitrogens with zero attached hydrogens (tertiary/aromatic N) is 5. The second-order valence-electron chi connectivity index (χ2n) is 4.38. The fraction of sp³-hybridized carbons (Fsp3) is 0.462. The SMILES string of the molecule is CCN(C(=O)c1cnn(CC)c1C)c1cnn(C)c1. The third-order valence-corrected chi connectivity index (χ3v) is 3.20. The molecule has 2 rings (SSSR count). The van der Waals surface area contributed by atoms with Crippen molar-refractivity contribution < 1.29 is 4.79 Å². The van der Waals surface area contributed by atoms with Crippen LogP contribution in [0.2, 0.25) is 0 Å². The van der Waals surface area contributed by atoms with Crippen molar-refractivity contribution in [3.05, 3.63) is 29.8 Å². The van der Waals surface area contributed by atoms with Crippen molar-refractivity contribution >= 4 is 11.6 Å². The van der Waals surface area contributed by atoms with E-state index in [-0.39, 0.29) is 5.91 Å². The molecule has 1 amide bonds. The Morgan fingerprint density at radius 3 is 2.53 bits per heavy atom. The standard InChI is InChI=1S/C13H19N5O/c1-5-17(11-7-14-16(4)9-11)13(19)12-8-15-18(6-2)10(12)3/h7-9H,5-6H2,1-4H3. The molecule has 19 heavy (non-hydrogen) atoms. The number of rotatable bonds is 4. The summed E-state index contributed by atoms with van der Waals surface area (Å²) in [5.74, 6) is -0.0345. The number of hydrogen-bond donors (Lipinski definition) is 0. The molecule has 0 saturated heterocycles. The zero-order valence-electron chi connectivity index (χ0n) is 11.8. The van der Waals surface area contributed by atoms with E-state index in [0.29, 0.717) is 12.1 Å². The van der Waals surface area contributed by atoms with Crippen molar-refractivity contribution in [1.82, 2.24) is 19.6 Å². The molecule has 0 radical (unpaired) electrons. The van der Waals surface area contributed by atoms with Crippen LogP contribution in [0.3, 0.4) is 0 Å². The van der Waals surface area contributed by atoms with E-state index in [1.54, 1.807) is 22.0 Å². The van der Waals surface area contributed by atoms with Crippen molar-refractivity contribution in [3.8, 4) is 0 Å². The maximum absolute atomic E-state index is 12.6. The lowest BCUT2D eigenvalue weighted by Gasteiger charge is -2.18. The van der Waals surface area contributed by atoms with Crippen LogP contribution in [0.4, 0.5) is 5.69 Å². The van der Waals surface area contributed by atoms with Gasteiger partial charge in [-0.1, -0.05) is 0 Å². The van der Waals surface area contributed by atoms with Gasteiger partial charge in [0.1, 0.15) is 0 Å². The Morgan fingerprint density at radius 2 is 2.05 bits per heavy atom. The molecule has 0 aliphatic rings. The van der Waals surface area contributed by atoms with Crippen LogP contribution in [0.5, 0.6) is 0 Å². The minimum Gasteiger partial charge on any atom is -0.306 e. The molecular formula is C13H19N5O. The summed E-state index contributed by atoms with van der Waals surface area (Å²) in [5.41, 5.74) is 2.35. The first kappa shape index (κ1) is 13.3. The van der Waals surface area contributed by atoms with E-state index < -0.39 is 0 Å². The predicted octanol–water partition coefficient (Wildman–Crippen LogP) is 1.61. The van der Waals surface area contributed by atoms with Crippen LogP contribution in [0.15, 0.2) is 18.6 Å². The van der Waals surface area contributed by atoms with Crippen molar-refractivity contribution in [3.63, 3.8) is 0 Å². The first-order valence-electron chi connectivity index (χ1n) is 6.41. The predicted molar refractivity (Wildman–Crippen MR) is 73.2 cm³/mol. The van der Waals surface area contributed by atoms with Gasteiger partial charge in [0.2, 0.25) is 0 Å². The summed E-state index contributed by atoms with van der Waals surface area (Å²) in [6.45, 7) is 7.23. The van der Waals surface area contributed by atoms with Crippen LogP contribution in [0, 0.1) is 6.92 Å². The number of carbonyl (C=O) groups is 1. The molecule has 0 bridgehead atoms. The normalized spacial score (nSPS) is 10.7. The van der Waals surface area contributed by atoms with Crippen LogP contribution in [-0.4, -0.2) is 32.0 Å². The topological polar surface area (TPSA) is 56.0 Å². The second kappa shape index (κ2) is 5.26. The summed E-state index contributed by atoms with van der Waals surface area (Å²) >= 11 is 0. The van der Waals surface area contributed by atoms with Gasteiger partial charge in [0.25, 0.3) is 5.91 Å². The molecule has 0 saturated carbocycles. The van der Waals surface area contributed by atoms with E-state index in [1.165, 1.54) is 0 Å². The molecule has 6 nitrogen and oxygen atoms in total. The molecule has 0 aliphatic heterocycles. The minimum absolute atomic E-state index is 0.0345. The van der Waals surface area contributed by atoms with E-state index in [1.807, 2.05) is 38.7 Å². The number of anilines is 1.